The van der Waals surface area contributed by atoms with Crippen molar-refractivity contribution in [3.05, 3.63) is 65.8 Å². The van der Waals surface area contributed by atoms with Gasteiger partial charge in [0.15, 0.2) is 0 Å². The van der Waals surface area contributed by atoms with Gasteiger partial charge in [-0.05, 0) is 26.0 Å². The van der Waals surface area contributed by atoms with Gasteiger partial charge < -0.3 is 0 Å². The minimum atomic E-state index is 0.303. The quantitative estimate of drug-likeness (QED) is 0.696. The van der Waals surface area contributed by atoms with E-state index < -0.39 is 0 Å². The van der Waals surface area contributed by atoms with Gasteiger partial charge in [0.1, 0.15) is 5.69 Å². The molecule has 0 N–H and O–H groups in total. The molecule has 2 aromatic carbocycles. The van der Waals surface area contributed by atoms with Crippen molar-refractivity contribution in [3.8, 4) is 16.9 Å². The van der Waals surface area contributed by atoms with Crippen LogP contribution in [0.3, 0.4) is 0 Å². The summed E-state index contributed by atoms with van der Waals surface area (Å²) in [7, 11) is 0. The molecule has 0 saturated heterocycles. The molecule has 3 heteroatoms. The van der Waals surface area contributed by atoms with Crippen LogP contribution in [0.1, 0.15) is 12.5 Å². The van der Waals surface area contributed by atoms with Crippen molar-refractivity contribution >= 4 is 0 Å². The van der Waals surface area contributed by atoms with Crippen molar-refractivity contribution < 1.29 is 1.37 Å². The molecule has 0 aliphatic rings. The molecule has 1 aromatic heterocycles. The number of aryl methyl sites for hydroxylation is 2. The van der Waals surface area contributed by atoms with Crippen molar-refractivity contribution in [3.63, 3.8) is 0 Å². The van der Waals surface area contributed by atoms with Gasteiger partial charge in [-0.15, -0.1) is 5.10 Å². The van der Waals surface area contributed by atoms with Crippen LogP contribution in [0.5, 0.6) is 0 Å². The van der Waals surface area contributed by atoms with Crippen LogP contribution in [0.2, 0.25) is 0 Å². The van der Waals surface area contributed by atoms with Gasteiger partial charge in [0, 0.05) is 5.56 Å². The van der Waals surface area contributed by atoms with Crippen LogP contribution in [-0.4, -0.2) is 15.0 Å². The maximum atomic E-state index is 8.25. The number of hydrogen-bond acceptors (Lipinski definition) is 2. The summed E-state index contributed by atoms with van der Waals surface area (Å²) in [4.78, 5) is 0. The molecule has 1 heterocycles. The Bertz CT molecular complexity index is 664. The lowest BCUT2D eigenvalue weighted by Crippen LogP contribution is -1.94. The van der Waals surface area contributed by atoms with Crippen LogP contribution in [-0.2, 0) is 0 Å². The number of aromatic nitrogens is 3. The second-order valence-electron chi connectivity index (χ2n) is 4.66. The molecule has 0 spiro atoms. The molecule has 19 heavy (non-hydrogen) atoms. The smallest absolute Gasteiger partial charge is 0.113 e. The first kappa shape index (κ1) is 10.5. The Morgan fingerprint density at radius 3 is 2.11 bits per heavy atom. The molecule has 0 amide bonds. The van der Waals surface area contributed by atoms with E-state index in [-0.39, 0.29) is 0 Å². The van der Waals surface area contributed by atoms with Crippen LogP contribution in [0.25, 0.3) is 16.9 Å². The highest BCUT2D eigenvalue weighted by Gasteiger charge is 2.04. The van der Waals surface area contributed by atoms with E-state index >= 15 is 0 Å². The third-order valence-electron chi connectivity index (χ3n) is 3.05. The monoisotopic (exact) mass is 250 g/mol. The summed E-state index contributed by atoms with van der Waals surface area (Å²) in [6, 6.07) is 15.9. The van der Waals surface area contributed by atoms with Crippen LogP contribution in [0, 0.1) is 13.8 Å². The van der Waals surface area contributed by atoms with Crippen molar-refractivity contribution in [2.45, 2.75) is 13.8 Å². The number of hydrogen-bond donors (Lipinski definition) is 0. The van der Waals surface area contributed by atoms with Gasteiger partial charge in [0.05, 0.1) is 13.2 Å². The maximum Gasteiger partial charge on any atom is 0.113 e. The van der Waals surface area contributed by atoms with Crippen LogP contribution >= 0.6 is 0 Å². The standard InChI is InChI=1S/C16H15N3/c1-12-3-7-14(8-4-12)16-11-19(18-17-16)15-9-5-13(2)6-10-15/h3-11H,1-2H3/i11D. The largest absolute Gasteiger partial charge is 0.220 e. The van der Waals surface area contributed by atoms with Crippen molar-refractivity contribution in [2.75, 3.05) is 0 Å². The van der Waals surface area contributed by atoms with Crippen molar-refractivity contribution in [1.82, 2.24) is 15.0 Å². The zero-order valence-electron chi connectivity index (χ0n) is 12.0. The summed E-state index contributed by atoms with van der Waals surface area (Å²) in [6.45, 7) is 4.07. The summed E-state index contributed by atoms with van der Waals surface area (Å²) in [6.07, 6.45) is 0.303. The van der Waals surface area contributed by atoms with Gasteiger partial charge in [-0.3, -0.25) is 0 Å². The zero-order chi connectivity index (χ0) is 14.1. The third kappa shape index (κ3) is 2.40. The maximum absolute atomic E-state index is 8.25. The van der Waals surface area contributed by atoms with E-state index in [0.29, 0.717) is 11.9 Å². The third-order valence-corrected chi connectivity index (χ3v) is 3.05. The molecular formula is C16H15N3. The van der Waals surface area contributed by atoms with Crippen LogP contribution in [0.4, 0.5) is 0 Å². The molecular weight excluding hydrogens is 234 g/mol. The van der Waals surface area contributed by atoms with Gasteiger partial charge >= 0.3 is 0 Å². The molecule has 0 bridgehead atoms. The second-order valence-corrected chi connectivity index (χ2v) is 4.66. The fraction of sp³-hybridized carbons (Fsp3) is 0.125. The minimum absolute atomic E-state index is 0.303. The predicted octanol–water partition coefficient (Wildman–Crippen LogP) is 3.55. The van der Waals surface area contributed by atoms with E-state index in [2.05, 4.69) is 10.3 Å². The normalized spacial score (nSPS) is 11.4. The Labute approximate surface area is 113 Å². The Balaban J connectivity index is 2.04. The summed E-state index contributed by atoms with van der Waals surface area (Å²) in [5.41, 5.74) is 4.74. The fourth-order valence-electron chi connectivity index (χ4n) is 1.87. The van der Waals surface area contributed by atoms with E-state index in [0.717, 1.165) is 11.3 Å². The first-order chi connectivity index (χ1) is 9.65. The van der Waals surface area contributed by atoms with E-state index in [1.54, 1.807) is 4.68 Å². The summed E-state index contributed by atoms with van der Waals surface area (Å²) in [5, 5.41) is 8.23. The molecule has 0 radical (unpaired) electrons. The van der Waals surface area contributed by atoms with Gasteiger partial charge in [-0.2, -0.15) is 0 Å². The number of nitrogens with zero attached hydrogens (tertiary/aromatic N) is 3. The summed E-state index contributed by atoms with van der Waals surface area (Å²) in [5.74, 6) is 0. The molecule has 0 aliphatic carbocycles. The van der Waals surface area contributed by atoms with Crippen molar-refractivity contribution in [2.24, 2.45) is 0 Å². The molecule has 94 valence electrons. The highest BCUT2D eigenvalue weighted by atomic mass is 15.4. The molecule has 0 unspecified atom stereocenters. The van der Waals surface area contributed by atoms with E-state index in [4.69, 9.17) is 1.37 Å². The molecule has 3 nitrogen and oxygen atoms in total. The lowest BCUT2D eigenvalue weighted by Gasteiger charge is -1.99. The molecule has 3 aromatic rings. The van der Waals surface area contributed by atoms with E-state index in [1.807, 2.05) is 62.4 Å². The average Bonchev–Trinajstić information content (AvgIpc) is 2.83. The highest BCUT2D eigenvalue weighted by molar-refractivity contribution is 5.58. The van der Waals surface area contributed by atoms with Crippen LogP contribution < -0.4 is 0 Å². The predicted molar refractivity (Wildman–Crippen MR) is 76.3 cm³/mol. The molecule has 3 rings (SSSR count). The SMILES string of the molecule is [2H]c1c(-c2ccc(C)cc2)nnn1-c1ccc(C)cc1. The van der Waals surface area contributed by atoms with Crippen LogP contribution in [0.15, 0.2) is 54.7 Å². The van der Waals surface area contributed by atoms with E-state index in [1.165, 1.54) is 11.1 Å². The Morgan fingerprint density at radius 1 is 0.895 bits per heavy atom. The topological polar surface area (TPSA) is 30.7 Å². The van der Waals surface area contributed by atoms with Gasteiger partial charge in [-0.1, -0.05) is 52.7 Å². The zero-order valence-corrected chi connectivity index (χ0v) is 11.0. The Morgan fingerprint density at radius 2 is 1.47 bits per heavy atom. The lowest BCUT2D eigenvalue weighted by molar-refractivity contribution is 0.803. The number of benzene rings is 2. The Hall–Kier alpha value is -2.42. The van der Waals surface area contributed by atoms with Crippen molar-refractivity contribution in [1.29, 1.82) is 0 Å². The lowest BCUT2D eigenvalue weighted by atomic mass is 10.1. The minimum Gasteiger partial charge on any atom is -0.220 e. The summed E-state index contributed by atoms with van der Waals surface area (Å²) >= 11 is 0. The molecule has 0 fully saturated rings. The first-order valence-corrected chi connectivity index (χ1v) is 6.21. The molecule has 0 aliphatic heterocycles. The average molecular weight is 250 g/mol. The molecule has 0 saturated carbocycles. The van der Waals surface area contributed by atoms with Gasteiger partial charge in [0.2, 0.25) is 0 Å². The van der Waals surface area contributed by atoms with Gasteiger partial charge in [-0.25, -0.2) is 4.68 Å². The second kappa shape index (κ2) is 4.69. The first-order valence-electron chi connectivity index (χ1n) is 6.71. The summed E-state index contributed by atoms with van der Waals surface area (Å²) < 4.78 is 9.80. The van der Waals surface area contributed by atoms with Gasteiger partial charge in [0.25, 0.3) is 0 Å². The highest BCUT2D eigenvalue weighted by Crippen LogP contribution is 2.18. The Kier molecular flexibility index (Phi) is 2.59. The fourth-order valence-corrected chi connectivity index (χ4v) is 1.87. The van der Waals surface area contributed by atoms with E-state index in [9.17, 15) is 0 Å². The number of rotatable bonds is 2. The molecule has 0 atom stereocenters.